The van der Waals surface area contributed by atoms with Gasteiger partial charge in [-0.2, -0.15) is 0 Å². The zero-order chi connectivity index (χ0) is 8.97. The maximum absolute atomic E-state index is 10.8. The molecule has 4 heteroatoms. The first-order valence-corrected chi connectivity index (χ1v) is 4.62. The van der Waals surface area contributed by atoms with E-state index in [1.807, 2.05) is 0 Å². The van der Waals surface area contributed by atoms with Crippen LogP contribution in [0.15, 0.2) is 0 Å². The SMILES string of the molecule is CC1CCC(OC(=O)CN)CC1.Cl. The molecule has 0 atom stereocenters. The van der Waals surface area contributed by atoms with Crippen molar-refractivity contribution >= 4 is 18.4 Å². The normalized spacial score (nSPS) is 27.5. The lowest BCUT2D eigenvalue weighted by Crippen LogP contribution is -2.27. The fourth-order valence-electron chi connectivity index (χ4n) is 1.58. The summed E-state index contributed by atoms with van der Waals surface area (Å²) in [6.07, 6.45) is 4.49. The van der Waals surface area contributed by atoms with Crippen molar-refractivity contribution in [2.45, 2.75) is 38.7 Å². The highest BCUT2D eigenvalue weighted by Gasteiger charge is 2.20. The molecule has 1 rings (SSSR count). The summed E-state index contributed by atoms with van der Waals surface area (Å²) in [6.45, 7) is 2.24. The van der Waals surface area contributed by atoms with E-state index in [4.69, 9.17) is 10.5 Å². The Morgan fingerprint density at radius 1 is 1.38 bits per heavy atom. The Balaban J connectivity index is 0.00000144. The van der Waals surface area contributed by atoms with Gasteiger partial charge in [-0.25, -0.2) is 0 Å². The van der Waals surface area contributed by atoms with Gasteiger partial charge in [-0.05, 0) is 31.6 Å². The first kappa shape index (κ1) is 12.7. The summed E-state index contributed by atoms with van der Waals surface area (Å²) in [5.74, 6) is 0.521. The van der Waals surface area contributed by atoms with Gasteiger partial charge in [0.1, 0.15) is 6.10 Å². The zero-order valence-electron chi connectivity index (χ0n) is 7.99. The molecular formula is C9H18ClNO2. The number of nitrogens with two attached hydrogens (primary N) is 1. The van der Waals surface area contributed by atoms with Crippen molar-refractivity contribution in [1.82, 2.24) is 0 Å². The predicted octanol–water partition coefficient (Wildman–Crippen LogP) is 1.49. The Kier molecular flexibility index (Phi) is 6.08. The van der Waals surface area contributed by atoms with Crippen LogP contribution in [0.4, 0.5) is 0 Å². The summed E-state index contributed by atoms with van der Waals surface area (Å²) in [7, 11) is 0. The minimum absolute atomic E-state index is 0. The van der Waals surface area contributed by atoms with E-state index in [1.165, 1.54) is 12.8 Å². The Morgan fingerprint density at radius 3 is 2.38 bits per heavy atom. The Hall–Kier alpha value is -0.280. The molecule has 13 heavy (non-hydrogen) atoms. The van der Waals surface area contributed by atoms with Crippen molar-refractivity contribution in [1.29, 1.82) is 0 Å². The summed E-state index contributed by atoms with van der Waals surface area (Å²) in [5, 5.41) is 0. The quantitative estimate of drug-likeness (QED) is 0.699. The number of halogens is 1. The first-order chi connectivity index (χ1) is 5.72. The molecule has 0 heterocycles. The molecule has 1 aliphatic carbocycles. The van der Waals surface area contributed by atoms with E-state index in [9.17, 15) is 4.79 Å². The third kappa shape index (κ3) is 4.48. The number of hydrogen-bond acceptors (Lipinski definition) is 3. The van der Waals surface area contributed by atoms with Crippen LogP contribution in [0.1, 0.15) is 32.6 Å². The molecule has 0 aliphatic heterocycles. The standard InChI is InChI=1S/C9H17NO2.ClH/c1-7-2-4-8(5-3-7)12-9(11)6-10;/h7-8H,2-6,10H2,1H3;1H. The number of esters is 1. The van der Waals surface area contributed by atoms with E-state index >= 15 is 0 Å². The number of ether oxygens (including phenoxy) is 1. The van der Waals surface area contributed by atoms with Gasteiger partial charge in [-0.15, -0.1) is 12.4 Å². The second-order valence-corrected chi connectivity index (χ2v) is 3.58. The molecule has 0 aromatic heterocycles. The van der Waals surface area contributed by atoms with Crippen LogP contribution >= 0.6 is 12.4 Å². The summed E-state index contributed by atoms with van der Waals surface area (Å²) < 4.78 is 5.12. The van der Waals surface area contributed by atoms with Crippen molar-refractivity contribution in [3.05, 3.63) is 0 Å². The number of carbonyl (C=O) groups excluding carboxylic acids is 1. The second kappa shape index (κ2) is 6.22. The molecule has 78 valence electrons. The smallest absolute Gasteiger partial charge is 0.319 e. The van der Waals surface area contributed by atoms with Crippen LogP contribution in [0, 0.1) is 5.92 Å². The molecule has 0 bridgehead atoms. The van der Waals surface area contributed by atoms with Crippen LogP contribution in [0.3, 0.4) is 0 Å². The molecule has 0 aromatic carbocycles. The fraction of sp³-hybridized carbons (Fsp3) is 0.889. The summed E-state index contributed by atoms with van der Waals surface area (Å²) in [6, 6.07) is 0. The van der Waals surface area contributed by atoms with Gasteiger partial charge >= 0.3 is 5.97 Å². The van der Waals surface area contributed by atoms with Crippen molar-refractivity contribution in [3.8, 4) is 0 Å². The van der Waals surface area contributed by atoms with Gasteiger partial charge in [0.05, 0.1) is 6.54 Å². The van der Waals surface area contributed by atoms with Gasteiger partial charge in [0.25, 0.3) is 0 Å². The fourth-order valence-corrected chi connectivity index (χ4v) is 1.58. The number of carbonyl (C=O) groups is 1. The largest absolute Gasteiger partial charge is 0.461 e. The highest BCUT2D eigenvalue weighted by molar-refractivity contribution is 5.85. The Labute approximate surface area is 85.4 Å². The van der Waals surface area contributed by atoms with Crippen molar-refractivity contribution in [2.24, 2.45) is 11.7 Å². The monoisotopic (exact) mass is 207 g/mol. The number of rotatable bonds is 2. The van der Waals surface area contributed by atoms with E-state index in [1.54, 1.807) is 0 Å². The lowest BCUT2D eigenvalue weighted by molar-refractivity contribution is -0.149. The first-order valence-electron chi connectivity index (χ1n) is 4.62. The molecule has 0 radical (unpaired) electrons. The van der Waals surface area contributed by atoms with Crippen LogP contribution in [-0.4, -0.2) is 18.6 Å². The highest BCUT2D eigenvalue weighted by Crippen LogP contribution is 2.25. The zero-order valence-corrected chi connectivity index (χ0v) is 8.81. The summed E-state index contributed by atoms with van der Waals surface area (Å²) >= 11 is 0. The molecular weight excluding hydrogens is 190 g/mol. The maximum atomic E-state index is 10.8. The van der Waals surface area contributed by atoms with Crippen LogP contribution in [0.25, 0.3) is 0 Å². The topological polar surface area (TPSA) is 52.3 Å². The molecule has 0 spiro atoms. The molecule has 0 unspecified atom stereocenters. The Morgan fingerprint density at radius 2 is 1.92 bits per heavy atom. The van der Waals surface area contributed by atoms with E-state index in [0.717, 1.165) is 18.8 Å². The van der Waals surface area contributed by atoms with Crippen LogP contribution in [-0.2, 0) is 9.53 Å². The highest BCUT2D eigenvalue weighted by atomic mass is 35.5. The Bertz CT molecular complexity index is 156. The van der Waals surface area contributed by atoms with Gasteiger partial charge < -0.3 is 10.5 Å². The van der Waals surface area contributed by atoms with E-state index in [2.05, 4.69) is 6.92 Å². The molecule has 0 amide bonds. The average molecular weight is 208 g/mol. The third-order valence-corrected chi connectivity index (χ3v) is 2.43. The van der Waals surface area contributed by atoms with Gasteiger partial charge in [0, 0.05) is 0 Å². The van der Waals surface area contributed by atoms with E-state index in [0.29, 0.717) is 0 Å². The second-order valence-electron chi connectivity index (χ2n) is 3.58. The van der Waals surface area contributed by atoms with Gasteiger partial charge in [-0.3, -0.25) is 4.79 Å². The molecule has 1 fully saturated rings. The van der Waals surface area contributed by atoms with Crippen LogP contribution in [0.5, 0.6) is 0 Å². The third-order valence-electron chi connectivity index (χ3n) is 2.43. The maximum Gasteiger partial charge on any atom is 0.319 e. The predicted molar refractivity (Wildman–Crippen MR) is 53.8 cm³/mol. The van der Waals surface area contributed by atoms with Crippen LogP contribution < -0.4 is 5.73 Å². The lowest BCUT2D eigenvalue weighted by Gasteiger charge is -2.25. The van der Waals surface area contributed by atoms with Gasteiger partial charge in [0.15, 0.2) is 0 Å². The minimum atomic E-state index is -0.269. The summed E-state index contributed by atoms with van der Waals surface area (Å²) in [5.41, 5.74) is 5.14. The number of hydrogen-bond donors (Lipinski definition) is 1. The molecule has 3 nitrogen and oxygen atoms in total. The summed E-state index contributed by atoms with van der Waals surface area (Å²) in [4.78, 5) is 10.8. The van der Waals surface area contributed by atoms with Crippen molar-refractivity contribution in [3.63, 3.8) is 0 Å². The van der Waals surface area contributed by atoms with Crippen molar-refractivity contribution in [2.75, 3.05) is 6.54 Å². The molecule has 0 saturated heterocycles. The van der Waals surface area contributed by atoms with Gasteiger partial charge in [0.2, 0.25) is 0 Å². The van der Waals surface area contributed by atoms with Crippen LogP contribution in [0.2, 0.25) is 0 Å². The van der Waals surface area contributed by atoms with E-state index < -0.39 is 0 Å². The average Bonchev–Trinajstić information content (AvgIpc) is 2.09. The van der Waals surface area contributed by atoms with E-state index in [-0.39, 0.29) is 31.0 Å². The molecule has 1 aliphatic rings. The lowest BCUT2D eigenvalue weighted by atomic mass is 9.89. The van der Waals surface area contributed by atoms with Crippen molar-refractivity contribution < 1.29 is 9.53 Å². The molecule has 2 N–H and O–H groups in total. The van der Waals surface area contributed by atoms with Gasteiger partial charge in [-0.1, -0.05) is 6.92 Å². The molecule has 1 saturated carbocycles. The molecule has 0 aromatic rings. The minimum Gasteiger partial charge on any atom is -0.461 e.